The second kappa shape index (κ2) is 6.50. The van der Waals surface area contributed by atoms with E-state index in [1.165, 1.54) is 27.4 Å². The Morgan fingerprint density at radius 2 is 2.00 bits per heavy atom. The van der Waals surface area contributed by atoms with Crippen LogP contribution in [0.3, 0.4) is 0 Å². The zero-order chi connectivity index (χ0) is 17.5. The lowest BCUT2D eigenvalue weighted by molar-refractivity contribution is 0.598. The van der Waals surface area contributed by atoms with Crippen LogP contribution in [0.1, 0.15) is 44.2 Å². The first-order valence-electron chi connectivity index (χ1n) is 7.58. The van der Waals surface area contributed by atoms with E-state index in [-0.39, 0.29) is 10.7 Å². The van der Waals surface area contributed by atoms with Crippen LogP contribution in [-0.2, 0) is 5.41 Å². The minimum atomic E-state index is 0.0972. The Hall–Kier alpha value is -1.37. The minimum absolute atomic E-state index is 0.0972. The summed E-state index contributed by atoms with van der Waals surface area (Å²) in [6.07, 6.45) is 1.95. The Kier molecular flexibility index (Phi) is 4.73. The summed E-state index contributed by atoms with van der Waals surface area (Å²) < 4.78 is 1.21. The average Bonchev–Trinajstić information content (AvgIpc) is 2.88. The molecule has 3 aromatic rings. The topological polar surface area (TPSA) is 64.7 Å². The molecule has 0 radical (unpaired) electrons. The molecular weight excluding hydrogens is 360 g/mol. The standard InChI is InChI=1S/C17H19ClN4S2/c1-9(24-16-21-14(18)6-15(19)22-16)12-5-10-11(17(2,3)4)8-23-13(10)7-20-12/h5-9H,1-4H3,(H2,19,21,22). The predicted molar refractivity (Wildman–Crippen MR) is 104 cm³/mol. The van der Waals surface area contributed by atoms with Gasteiger partial charge in [-0.1, -0.05) is 44.1 Å². The molecule has 126 valence electrons. The number of pyridine rings is 1. The van der Waals surface area contributed by atoms with Crippen molar-refractivity contribution in [1.29, 1.82) is 0 Å². The molecular formula is C17H19ClN4S2. The molecule has 3 rings (SSSR count). The molecule has 0 saturated carbocycles. The lowest BCUT2D eigenvalue weighted by Gasteiger charge is -2.18. The molecule has 0 fully saturated rings. The minimum Gasteiger partial charge on any atom is -0.384 e. The van der Waals surface area contributed by atoms with Gasteiger partial charge in [0.1, 0.15) is 11.0 Å². The van der Waals surface area contributed by atoms with Gasteiger partial charge in [-0.25, -0.2) is 9.97 Å². The van der Waals surface area contributed by atoms with E-state index in [0.717, 1.165) is 5.69 Å². The first-order valence-corrected chi connectivity index (χ1v) is 9.72. The van der Waals surface area contributed by atoms with Gasteiger partial charge in [-0.3, -0.25) is 4.98 Å². The maximum atomic E-state index is 5.96. The van der Waals surface area contributed by atoms with Crippen LogP contribution in [0.2, 0.25) is 5.15 Å². The van der Waals surface area contributed by atoms with E-state index in [4.69, 9.17) is 17.3 Å². The van der Waals surface area contributed by atoms with Crippen LogP contribution in [0, 0.1) is 0 Å². The smallest absolute Gasteiger partial charge is 0.191 e. The van der Waals surface area contributed by atoms with Crippen LogP contribution in [0.4, 0.5) is 5.82 Å². The zero-order valence-corrected chi connectivity index (χ0v) is 16.4. The number of rotatable bonds is 3. The van der Waals surface area contributed by atoms with Crippen LogP contribution in [-0.4, -0.2) is 15.0 Å². The Morgan fingerprint density at radius 1 is 1.25 bits per heavy atom. The molecule has 0 spiro atoms. The Labute approximate surface area is 154 Å². The van der Waals surface area contributed by atoms with Gasteiger partial charge in [0.25, 0.3) is 0 Å². The molecule has 2 N–H and O–H groups in total. The third-order valence-corrected chi connectivity index (χ3v) is 5.80. The van der Waals surface area contributed by atoms with Crippen molar-refractivity contribution in [2.45, 2.75) is 43.5 Å². The number of nitrogens with zero attached hydrogens (tertiary/aromatic N) is 3. The van der Waals surface area contributed by atoms with E-state index in [1.807, 2.05) is 6.20 Å². The highest BCUT2D eigenvalue weighted by atomic mass is 35.5. The summed E-state index contributed by atoms with van der Waals surface area (Å²) in [5, 5.41) is 4.52. The van der Waals surface area contributed by atoms with Crippen molar-refractivity contribution >= 4 is 50.6 Å². The van der Waals surface area contributed by atoms with Crippen LogP contribution >= 0.6 is 34.7 Å². The van der Waals surface area contributed by atoms with E-state index in [2.05, 4.69) is 54.1 Å². The average molecular weight is 379 g/mol. The maximum Gasteiger partial charge on any atom is 0.191 e. The number of anilines is 1. The van der Waals surface area contributed by atoms with Gasteiger partial charge in [-0.15, -0.1) is 11.3 Å². The Morgan fingerprint density at radius 3 is 2.67 bits per heavy atom. The fourth-order valence-corrected chi connectivity index (χ4v) is 4.69. The number of aromatic nitrogens is 3. The normalized spacial score (nSPS) is 13.4. The highest BCUT2D eigenvalue weighted by molar-refractivity contribution is 7.99. The number of halogens is 1. The molecule has 1 atom stereocenters. The fraction of sp³-hybridized carbons (Fsp3) is 0.353. The van der Waals surface area contributed by atoms with Gasteiger partial charge in [0.05, 0.1) is 15.6 Å². The number of nitrogens with two attached hydrogens (primary N) is 1. The van der Waals surface area contributed by atoms with Gasteiger partial charge < -0.3 is 5.73 Å². The molecule has 0 aliphatic carbocycles. The first kappa shape index (κ1) is 17.5. The molecule has 4 nitrogen and oxygen atoms in total. The largest absolute Gasteiger partial charge is 0.384 e. The van der Waals surface area contributed by atoms with Crippen LogP contribution in [0.25, 0.3) is 10.1 Å². The van der Waals surface area contributed by atoms with Gasteiger partial charge in [0.2, 0.25) is 0 Å². The first-order chi connectivity index (χ1) is 11.2. The molecule has 0 aliphatic heterocycles. The number of nitrogen functional groups attached to an aromatic ring is 1. The van der Waals surface area contributed by atoms with Gasteiger partial charge in [-0.2, -0.15) is 0 Å². The maximum absolute atomic E-state index is 5.96. The van der Waals surface area contributed by atoms with Crippen LogP contribution in [0.15, 0.2) is 28.9 Å². The van der Waals surface area contributed by atoms with Crippen molar-refractivity contribution in [3.63, 3.8) is 0 Å². The third-order valence-electron chi connectivity index (χ3n) is 3.68. The SMILES string of the molecule is CC(Sc1nc(N)cc(Cl)n1)c1cc2c(C(C)(C)C)csc2cn1. The molecule has 0 saturated heterocycles. The summed E-state index contributed by atoms with van der Waals surface area (Å²) >= 11 is 9.20. The highest BCUT2D eigenvalue weighted by Crippen LogP contribution is 2.38. The van der Waals surface area contributed by atoms with Crippen molar-refractivity contribution < 1.29 is 0 Å². The van der Waals surface area contributed by atoms with Crippen molar-refractivity contribution in [1.82, 2.24) is 15.0 Å². The zero-order valence-electron chi connectivity index (χ0n) is 14.0. The molecule has 24 heavy (non-hydrogen) atoms. The van der Waals surface area contributed by atoms with Crippen molar-refractivity contribution in [2.75, 3.05) is 5.73 Å². The number of hydrogen-bond acceptors (Lipinski definition) is 6. The van der Waals surface area contributed by atoms with Crippen molar-refractivity contribution in [3.05, 3.63) is 40.1 Å². The second-order valence-corrected chi connectivity index (χ2v) is 9.27. The molecule has 0 amide bonds. The van der Waals surface area contributed by atoms with E-state index < -0.39 is 0 Å². The monoisotopic (exact) mass is 378 g/mol. The Balaban J connectivity index is 1.93. The predicted octanol–water partition coefficient (Wildman–Crippen LogP) is 5.47. The summed E-state index contributed by atoms with van der Waals surface area (Å²) in [5.74, 6) is 0.376. The summed E-state index contributed by atoms with van der Waals surface area (Å²) in [4.78, 5) is 13.1. The molecule has 0 bridgehead atoms. The molecule has 7 heteroatoms. The number of fused-ring (bicyclic) bond motifs is 1. The lowest BCUT2D eigenvalue weighted by Crippen LogP contribution is -2.10. The molecule has 3 heterocycles. The number of thiophene rings is 1. The van der Waals surface area contributed by atoms with Crippen LogP contribution in [0.5, 0.6) is 0 Å². The fourth-order valence-electron chi connectivity index (χ4n) is 2.44. The van der Waals surface area contributed by atoms with Gasteiger partial charge in [-0.05, 0) is 34.7 Å². The van der Waals surface area contributed by atoms with E-state index in [0.29, 0.717) is 16.1 Å². The van der Waals surface area contributed by atoms with E-state index in [1.54, 1.807) is 17.4 Å². The molecule has 0 aromatic carbocycles. The second-order valence-electron chi connectivity index (χ2n) is 6.66. The van der Waals surface area contributed by atoms with Crippen molar-refractivity contribution in [2.24, 2.45) is 0 Å². The highest BCUT2D eigenvalue weighted by Gasteiger charge is 2.20. The van der Waals surface area contributed by atoms with E-state index in [9.17, 15) is 0 Å². The van der Waals surface area contributed by atoms with Crippen molar-refractivity contribution in [3.8, 4) is 0 Å². The molecule has 3 aromatic heterocycles. The van der Waals surface area contributed by atoms with Gasteiger partial charge >= 0.3 is 0 Å². The lowest BCUT2D eigenvalue weighted by atomic mass is 9.87. The molecule has 0 aliphatic rings. The van der Waals surface area contributed by atoms with Gasteiger partial charge in [0, 0.05) is 12.3 Å². The van der Waals surface area contributed by atoms with E-state index >= 15 is 0 Å². The summed E-state index contributed by atoms with van der Waals surface area (Å²) in [5.41, 5.74) is 8.20. The Bertz CT molecular complexity index is 866. The summed E-state index contributed by atoms with van der Waals surface area (Å²) in [6, 6.07) is 3.72. The van der Waals surface area contributed by atoms with Gasteiger partial charge in [0.15, 0.2) is 5.16 Å². The number of hydrogen-bond donors (Lipinski definition) is 1. The van der Waals surface area contributed by atoms with Crippen LogP contribution < -0.4 is 5.73 Å². The summed E-state index contributed by atoms with van der Waals surface area (Å²) in [6.45, 7) is 8.78. The quantitative estimate of drug-likeness (QED) is 0.371. The molecule has 1 unspecified atom stereocenters. The third kappa shape index (κ3) is 3.66. The number of thioether (sulfide) groups is 1. The summed E-state index contributed by atoms with van der Waals surface area (Å²) in [7, 11) is 0.